The predicted molar refractivity (Wildman–Crippen MR) is 147 cm³/mol. The smallest absolute Gasteiger partial charge is 0.418 e. The van der Waals surface area contributed by atoms with E-state index in [0.717, 1.165) is 6.07 Å². The van der Waals surface area contributed by atoms with Crippen LogP contribution >= 0.6 is 0 Å². The summed E-state index contributed by atoms with van der Waals surface area (Å²) in [5, 5.41) is 16.1. The number of ether oxygens (including phenoxy) is 1. The van der Waals surface area contributed by atoms with Gasteiger partial charge in [-0.3, -0.25) is 19.7 Å². The number of amides is 4. The zero-order valence-electron chi connectivity index (χ0n) is 24.1. The van der Waals surface area contributed by atoms with Crippen LogP contribution in [0.4, 0.5) is 29.3 Å². The number of carbonyl (C=O) groups excluding carboxylic acids is 4. The van der Waals surface area contributed by atoms with Gasteiger partial charge in [-0.25, -0.2) is 4.79 Å². The second-order valence-electron chi connectivity index (χ2n) is 12.1. The molecule has 0 bridgehead atoms. The molecule has 1 atom stereocenters. The lowest BCUT2D eigenvalue weighted by Gasteiger charge is -2.41. The second kappa shape index (κ2) is 12.0. The summed E-state index contributed by atoms with van der Waals surface area (Å²) in [4.78, 5) is 53.3. The molecule has 3 fully saturated rings. The van der Waals surface area contributed by atoms with Crippen molar-refractivity contribution in [3.8, 4) is 0 Å². The fraction of sp³-hybridized carbons (Fsp3) is 0.643. The first-order chi connectivity index (χ1) is 19.5. The first-order valence-corrected chi connectivity index (χ1v) is 14.1. The van der Waals surface area contributed by atoms with E-state index < -0.39 is 46.9 Å². The van der Waals surface area contributed by atoms with Crippen molar-refractivity contribution in [2.24, 2.45) is 0 Å². The number of piperazine rings is 1. The van der Waals surface area contributed by atoms with Gasteiger partial charge in [0.2, 0.25) is 17.7 Å². The number of carbonyl (C=O) groups is 4. The molecule has 4 rings (SSSR count). The molecule has 3 heterocycles. The zero-order valence-corrected chi connectivity index (χ0v) is 24.1. The third-order valence-corrected chi connectivity index (χ3v) is 7.68. The Morgan fingerprint density at radius 3 is 2.24 bits per heavy atom. The number of hydrogen-bond acceptors (Lipinski definition) is 8. The van der Waals surface area contributed by atoms with Crippen molar-refractivity contribution in [3.63, 3.8) is 0 Å². The zero-order chi connectivity index (χ0) is 30.9. The van der Waals surface area contributed by atoms with Crippen molar-refractivity contribution >= 4 is 35.2 Å². The van der Waals surface area contributed by atoms with Crippen molar-refractivity contribution in [2.75, 3.05) is 49.5 Å². The van der Waals surface area contributed by atoms with Crippen LogP contribution in [-0.4, -0.2) is 95.2 Å². The summed E-state index contributed by atoms with van der Waals surface area (Å²) in [5.41, 5.74) is -2.82. The van der Waals surface area contributed by atoms with Gasteiger partial charge in [0.05, 0.1) is 17.6 Å². The maximum absolute atomic E-state index is 14.1. The lowest BCUT2D eigenvalue weighted by Crippen LogP contribution is -2.53. The Morgan fingerprint density at radius 1 is 1.05 bits per heavy atom. The quantitative estimate of drug-likeness (QED) is 0.442. The van der Waals surface area contributed by atoms with Crippen LogP contribution in [-0.2, 0) is 25.3 Å². The molecule has 3 N–H and O–H groups in total. The summed E-state index contributed by atoms with van der Waals surface area (Å²) in [7, 11) is 0. The van der Waals surface area contributed by atoms with E-state index >= 15 is 0 Å². The lowest BCUT2D eigenvalue weighted by atomic mass is 9.87. The van der Waals surface area contributed by atoms with Crippen LogP contribution in [0.3, 0.4) is 0 Å². The average molecular weight is 598 g/mol. The van der Waals surface area contributed by atoms with Gasteiger partial charge < -0.3 is 29.9 Å². The number of halogens is 3. The highest BCUT2D eigenvalue weighted by Crippen LogP contribution is 2.40. The monoisotopic (exact) mass is 597 g/mol. The van der Waals surface area contributed by atoms with Gasteiger partial charge in [0.25, 0.3) is 0 Å². The van der Waals surface area contributed by atoms with Gasteiger partial charge in [-0.05, 0) is 58.2 Å². The van der Waals surface area contributed by atoms with E-state index in [1.807, 2.05) is 0 Å². The highest BCUT2D eigenvalue weighted by Gasteiger charge is 2.40. The van der Waals surface area contributed by atoms with Crippen LogP contribution in [0, 0.1) is 0 Å². The van der Waals surface area contributed by atoms with Crippen molar-refractivity contribution < 1.29 is 42.2 Å². The largest absolute Gasteiger partial charge is 0.444 e. The number of anilines is 2. The van der Waals surface area contributed by atoms with E-state index in [-0.39, 0.29) is 62.5 Å². The molecule has 42 heavy (non-hydrogen) atoms. The Morgan fingerprint density at radius 2 is 1.67 bits per heavy atom. The Hall–Kier alpha value is -3.55. The molecule has 0 aromatic heterocycles. The van der Waals surface area contributed by atoms with Crippen molar-refractivity contribution in [3.05, 3.63) is 23.8 Å². The summed E-state index contributed by atoms with van der Waals surface area (Å²) in [5.74, 6) is -1.27. The number of alkyl halides is 3. The SMILES string of the molecule is CC(C)(C)OC(=O)N1CCN(C(=O)CC2(O)CCN(c3ccc(NC4CCC(=O)NC4=O)cc3C(F)(F)F)CC2)CC1. The Balaban J connectivity index is 1.34. The molecule has 0 radical (unpaired) electrons. The van der Waals surface area contributed by atoms with Gasteiger partial charge in [-0.1, -0.05) is 0 Å². The van der Waals surface area contributed by atoms with Crippen LogP contribution in [0.25, 0.3) is 0 Å². The van der Waals surface area contributed by atoms with E-state index in [4.69, 9.17) is 4.74 Å². The molecule has 1 aromatic carbocycles. The van der Waals surface area contributed by atoms with Crippen molar-refractivity contribution in [2.45, 2.75) is 76.3 Å². The van der Waals surface area contributed by atoms with E-state index in [0.29, 0.717) is 26.2 Å². The third kappa shape index (κ3) is 7.84. The number of nitrogens with zero attached hydrogens (tertiary/aromatic N) is 3. The molecule has 14 heteroatoms. The average Bonchev–Trinajstić information content (AvgIpc) is 2.89. The number of hydrogen-bond donors (Lipinski definition) is 3. The molecule has 1 aromatic rings. The molecule has 0 aliphatic carbocycles. The summed E-state index contributed by atoms with van der Waals surface area (Å²) in [6.45, 7) is 6.76. The minimum absolute atomic E-state index is 0.0528. The number of imide groups is 1. The molecule has 3 aliphatic rings. The number of benzene rings is 1. The molecule has 0 spiro atoms. The number of aliphatic hydroxyl groups is 1. The van der Waals surface area contributed by atoms with Gasteiger partial charge in [0, 0.05) is 57.1 Å². The third-order valence-electron chi connectivity index (χ3n) is 7.68. The van der Waals surface area contributed by atoms with Gasteiger partial charge in [0.1, 0.15) is 11.6 Å². The first kappa shape index (κ1) is 31.4. The molecule has 11 nitrogen and oxygen atoms in total. The van der Waals surface area contributed by atoms with Crippen LogP contribution in [0.1, 0.15) is 58.4 Å². The van der Waals surface area contributed by atoms with Crippen LogP contribution in [0.5, 0.6) is 0 Å². The fourth-order valence-electron chi connectivity index (χ4n) is 5.36. The molecular weight excluding hydrogens is 559 g/mol. The topological polar surface area (TPSA) is 132 Å². The summed E-state index contributed by atoms with van der Waals surface area (Å²) in [6.07, 6.45) is -4.81. The molecule has 3 aliphatic heterocycles. The first-order valence-electron chi connectivity index (χ1n) is 14.1. The number of piperidine rings is 2. The minimum atomic E-state index is -4.68. The minimum Gasteiger partial charge on any atom is -0.444 e. The van der Waals surface area contributed by atoms with Crippen LogP contribution in [0.15, 0.2) is 18.2 Å². The van der Waals surface area contributed by atoms with E-state index in [2.05, 4.69) is 10.6 Å². The molecule has 232 valence electrons. The number of nitrogens with one attached hydrogen (secondary N) is 2. The normalized spacial score (nSPS) is 21.6. The Labute approximate surface area is 242 Å². The highest BCUT2D eigenvalue weighted by atomic mass is 19.4. The summed E-state index contributed by atoms with van der Waals surface area (Å²) >= 11 is 0. The lowest BCUT2D eigenvalue weighted by molar-refractivity contribution is -0.139. The van der Waals surface area contributed by atoms with Crippen LogP contribution < -0.4 is 15.5 Å². The Bertz CT molecular complexity index is 1200. The number of rotatable bonds is 5. The second-order valence-corrected chi connectivity index (χ2v) is 12.1. The fourth-order valence-corrected chi connectivity index (χ4v) is 5.36. The maximum atomic E-state index is 14.1. The molecule has 3 saturated heterocycles. The van der Waals surface area contributed by atoms with Gasteiger partial charge in [0.15, 0.2) is 0 Å². The molecule has 1 unspecified atom stereocenters. The van der Waals surface area contributed by atoms with Crippen molar-refractivity contribution in [1.82, 2.24) is 15.1 Å². The van der Waals surface area contributed by atoms with E-state index in [1.54, 1.807) is 25.7 Å². The van der Waals surface area contributed by atoms with Gasteiger partial charge in [-0.2, -0.15) is 13.2 Å². The van der Waals surface area contributed by atoms with Gasteiger partial charge in [-0.15, -0.1) is 0 Å². The molecular formula is C28H38F3N5O6. The standard InChI is InChI=1S/C28H38F3N5O6/c1-26(2,3)42-25(40)36-14-12-35(13-15-36)23(38)17-27(41)8-10-34(11-9-27)21-6-4-18(16-19(21)28(29,30)31)32-20-5-7-22(37)33-24(20)39/h4,6,16,20,32,41H,5,7-15,17H2,1-3H3,(H,33,37,39). The van der Waals surface area contributed by atoms with Crippen LogP contribution in [0.2, 0.25) is 0 Å². The Kier molecular flexibility index (Phi) is 8.95. The van der Waals surface area contributed by atoms with Crippen molar-refractivity contribution in [1.29, 1.82) is 0 Å². The molecule has 4 amide bonds. The molecule has 0 saturated carbocycles. The predicted octanol–water partition coefficient (Wildman–Crippen LogP) is 2.72. The summed E-state index contributed by atoms with van der Waals surface area (Å²) < 4.78 is 47.6. The van der Waals surface area contributed by atoms with E-state index in [1.165, 1.54) is 21.9 Å². The summed E-state index contributed by atoms with van der Waals surface area (Å²) in [6, 6.07) is 2.91. The van der Waals surface area contributed by atoms with Gasteiger partial charge >= 0.3 is 12.3 Å². The highest BCUT2D eigenvalue weighted by molar-refractivity contribution is 6.01. The van der Waals surface area contributed by atoms with E-state index in [9.17, 15) is 37.5 Å². The maximum Gasteiger partial charge on any atom is 0.418 e.